The lowest BCUT2D eigenvalue weighted by Gasteiger charge is -2.25. The first kappa shape index (κ1) is 18.0. The predicted molar refractivity (Wildman–Crippen MR) is 106 cm³/mol. The van der Waals surface area contributed by atoms with Crippen LogP contribution in [0, 0.1) is 0 Å². The third-order valence-corrected chi connectivity index (χ3v) is 7.02. The Hall–Kier alpha value is -2.37. The van der Waals surface area contributed by atoms with E-state index in [1.807, 2.05) is 30.3 Å². The molecule has 0 saturated heterocycles. The van der Waals surface area contributed by atoms with Crippen LogP contribution in [0.4, 0.5) is 0 Å². The maximum Gasteiger partial charge on any atom is 0.264 e. The molecule has 0 aromatic heterocycles. The van der Waals surface area contributed by atoms with Gasteiger partial charge in [-0.3, -0.25) is 4.79 Å². The van der Waals surface area contributed by atoms with Crippen LogP contribution in [-0.2, 0) is 26.7 Å². The van der Waals surface area contributed by atoms with Gasteiger partial charge in [-0.15, -0.1) is 0 Å². The van der Waals surface area contributed by atoms with Crippen LogP contribution in [0.3, 0.4) is 0 Å². The molecule has 4 rings (SSSR count). The van der Waals surface area contributed by atoms with Gasteiger partial charge in [-0.05, 0) is 48.4 Å². The van der Waals surface area contributed by atoms with Crippen LogP contribution in [0.15, 0.2) is 65.6 Å². The highest BCUT2D eigenvalue weighted by Gasteiger charge is 2.44. The second-order valence-corrected chi connectivity index (χ2v) is 9.08. The van der Waals surface area contributed by atoms with Crippen molar-refractivity contribution >= 4 is 38.3 Å². The standard InChI is InChI=1S/C21H18ClNO3S/c1-21(13-12-15-8-4-10-17(22)19(15)21)20(24)23-27(25,26)18-11-5-7-14-6-2-3-9-16(14)18/h2-11H,12-13H2,1H3,(H,23,24). The van der Waals surface area contributed by atoms with Gasteiger partial charge in [-0.1, -0.05) is 60.1 Å². The van der Waals surface area contributed by atoms with Crippen molar-refractivity contribution in [1.82, 2.24) is 4.72 Å². The second kappa shape index (κ2) is 6.36. The molecular weight excluding hydrogens is 382 g/mol. The Kier molecular flexibility index (Phi) is 4.24. The van der Waals surface area contributed by atoms with E-state index in [0.29, 0.717) is 23.3 Å². The van der Waals surface area contributed by atoms with E-state index in [2.05, 4.69) is 4.72 Å². The highest BCUT2D eigenvalue weighted by molar-refractivity contribution is 7.90. The second-order valence-electron chi connectivity index (χ2n) is 7.02. The Bertz CT molecular complexity index is 1170. The minimum absolute atomic E-state index is 0.0925. The van der Waals surface area contributed by atoms with Crippen LogP contribution in [0.25, 0.3) is 10.8 Å². The molecule has 0 spiro atoms. The molecule has 3 aromatic carbocycles. The van der Waals surface area contributed by atoms with Gasteiger partial charge in [0, 0.05) is 10.4 Å². The fraction of sp³-hybridized carbons (Fsp3) is 0.190. The summed E-state index contributed by atoms with van der Waals surface area (Å²) in [6, 6.07) is 17.7. The maximum atomic E-state index is 13.1. The van der Waals surface area contributed by atoms with Gasteiger partial charge in [0.15, 0.2) is 0 Å². The van der Waals surface area contributed by atoms with Crippen molar-refractivity contribution in [3.8, 4) is 0 Å². The van der Waals surface area contributed by atoms with E-state index < -0.39 is 21.3 Å². The number of hydrogen-bond donors (Lipinski definition) is 1. The van der Waals surface area contributed by atoms with E-state index in [1.165, 1.54) is 6.07 Å². The van der Waals surface area contributed by atoms with Gasteiger partial charge in [-0.25, -0.2) is 13.1 Å². The Morgan fingerprint density at radius 3 is 2.56 bits per heavy atom. The minimum Gasteiger partial charge on any atom is -0.273 e. The molecule has 138 valence electrons. The monoisotopic (exact) mass is 399 g/mol. The first-order chi connectivity index (χ1) is 12.8. The normalized spacial score (nSPS) is 19.0. The third-order valence-electron chi connectivity index (χ3n) is 5.31. The Labute approximate surface area is 163 Å². The van der Waals surface area contributed by atoms with Crippen molar-refractivity contribution in [2.24, 2.45) is 0 Å². The molecule has 1 aliphatic rings. The summed E-state index contributed by atoms with van der Waals surface area (Å²) in [5, 5.41) is 1.87. The zero-order chi connectivity index (χ0) is 19.2. The van der Waals surface area contributed by atoms with Crippen molar-refractivity contribution in [3.05, 3.63) is 76.8 Å². The topological polar surface area (TPSA) is 63.2 Å². The number of hydrogen-bond acceptors (Lipinski definition) is 3. The SMILES string of the molecule is CC1(C(=O)NS(=O)(=O)c2cccc3ccccc23)CCc2cccc(Cl)c21. The number of nitrogens with one attached hydrogen (secondary N) is 1. The molecule has 1 amide bonds. The molecule has 0 radical (unpaired) electrons. The van der Waals surface area contributed by atoms with Crippen LogP contribution < -0.4 is 4.72 Å². The third kappa shape index (κ3) is 2.91. The van der Waals surface area contributed by atoms with E-state index >= 15 is 0 Å². The summed E-state index contributed by atoms with van der Waals surface area (Å²) in [5.74, 6) is -0.553. The van der Waals surface area contributed by atoms with Crippen molar-refractivity contribution < 1.29 is 13.2 Å². The fourth-order valence-corrected chi connectivity index (χ4v) is 5.57. The molecule has 1 aliphatic carbocycles. The number of amides is 1. The van der Waals surface area contributed by atoms with E-state index in [4.69, 9.17) is 11.6 Å². The Morgan fingerprint density at radius 1 is 1.04 bits per heavy atom. The molecule has 0 aliphatic heterocycles. The lowest BCUT2D eigenvalue weighted by Crippen LogP contribution is -2.43. The molecule has 0 bridgehead atoms. The molecule has 0 saturated carbocycles. The summed E-state index contributed by atoms with van der Waals surface area (Å²) in [7, 11) is -4.02. The van der Waals surface area contributed by atoms with Gasteiger partial charge in [-0.2, -0.15) is 0 Å². The van der Waals surface area contributed by atoms with E-state index in [9.17, 15) is 13.2 Å². The highest BCUT2D eigenvalue weighted by Crippen LogP contribution is 2.43. The number of rotatable bonds is 3. The maximum absolute atomic E-state index is 13.1. The average molecular weight is 400 g/mol. The summed E-state index contributed by atoms with van der Waals surface area (Å²) in [5.41, 5.74) is 0.728. The van der Waals surface area contributed by atoms with Crippen molar-refractivity contribution in [1.29, 1.82) is 0 Å². The molecule has 0 heterocycles. The Balaban J connectivity index is 1.73. The van der Waals surface area contributed by atoms with Crippen molar-refractivity contribution in [2.45, 2.75) is 30.1 Å². The van der Waals surface area contributed by atoms with Crippen molar-refractivity contribution in [2.75, 3.05) is 0 Å². The predicted octanol–water partition coefficient (Wildman–Crippen LogP) is 4.20. The van der Waals surface area contributed by atoms with Crippen LogP contribution in [-0.4, -0.2) is 14.3 Å². The fourth-order valence-electron chi connectivity index (χ4n) is 3.85. The minimum atomic E-state index is -4.02. The molecule has 1 N–H and O–H groups in total. The molecule has 0 fully saturated rings. The highest BCUT2D eigenvalue weighted by atomic mass is 35.5. The summed E-state index contributed by atoms with van der Waals surface area (Å²) >= 11 is 6.34. The van der Waals surface area contributed by atoms with Gasteiger partial charge < -0.3 is 0 Å². The number of carbonyl (C=O) groups is 1. The molecule has 1 unspecified atom stereocenters. The number of halogens is 1. The lowest BCUT2D eigenvalue weighted by molar-refractivity contribution is -0.124. The zero-order valence-electron chi connectivity index (χ0n) is 14.7. The number of sulfonamides is 1. The van der Waals surface area contributed by atoms with Crippen LogP contribution >= 0.6 is 11.6 Å². The molecule has 3 aromatic rings. The van der Waals surface area contributed by atoms with E-state index in [0.717, 1.165) is 16.5 Å². The van der Waals surface area contributed by atoms with Crippen LogP contribution in [0.1, 0.15) is 24.5 Å². The van der Waals surface area contributed by atoms with Gasteiger partial charge in [0.25, 0.3) is 10.0 Å². The number of carbonyl (C=O) groups excluding carboxylic acids is 1. The molecule has 4 nitrogen and oxygen atoms in total. The van der Waals surface area contributed by atoms with Crippen LogP contribution in [0.5, 0.6) is 0 Å². The van der Waals surface area contributed by atoms with Gasteiger partial charge >= 0.3 is 0 Å². The lowest BCUT2D eigenvalue weighted by atomic mass is 9.83. The molecule has 1 atom stereocenters. The average Bonchev–Trinajstić information content (AvgIpc) is 3.00. The summed E-state index contributed by atoms with van der Waals surface area (Å²) in [6.07, 6.45) is 1.21. The van der Waals surface area contributed by atoms with Gasteiger partial charge in [0.1, 0.15) is 0 Å². The zero-order valence-corrected chi connectivity index (χ0v) is 16.3. The summed E-state index contributed by atoms with van der Waals surface area (Å²) in [4.78, 5) is 13.2. The first-order valence-corrected chi connectivity index (χ1v) is 10.5. The number of benzene rings is 3. The van der Waals surface area contributed by atoms with Crippen molar-refractivity contribution in [3.63, 3.8) is 0 Å². The van der Waals surface area contributed by atoms with Gasteiger partial charge in [0.2, 0.25) is 5.91 Å². The number of fused-ring (bicyclic) bond motifs is 2. The first-order valence-electron chi connectivity index (χ1n) is 8.66. The Morgan fingerprint density at radius 2 is 1.74 bits per heavy atom. The summed E-state index contributed by atoms with van der Waals surface area (Å²) < 4.78 is 28.3. The van der Waals surface area contributed by atoms with Gasteiger partial charge in [0.05, 0.1) is 10.3 Å². The quantitative estimate of drug-likeness (QED) is 0.717. The molecule has 27 heavy (non-hydrogen) atoms. The van der Waals surface area contributed by atoms with E-state index in [1.54, 1.807) is 31.2 Å². The number of aryl methyl sites for hydroxylation is 1. The van der Waals surface area contributed by atoms with E-state index in [-0.39, 0.29) is 4.90 Å². The largest absolute Gasteiger partial charge is 0.273 e. The molecular formula is C21H18ClNO3S. The summed E-state index contributed by atoms with van der Waals surface area (Å²) in [6.45, 7) is 1.75. The van der Waals surface area contributed by atoms with Crippen LogP contribution in [0.2, 0.25) is 5.02 Å². The molecule has 6 heteroatoms. The smallest absolute Gasteiger partial charge is 0.264 e.